The van der Waals surface area contributed by atoms with Crippen molar-refractivity contribution in [1.82, 2.24) is 0 Å². The molecule has 3 atom stereocenters. The van der Waals surface area contributed by atoms with E-state index in [0.717, 1.165) is 35.5 Å². The van der Waals surface area contributed by atoms with Gasteiger partial charge in [0.25, 0.3) is 0 Å². The van der Waals surface area contributed by atoms with Crippen LogP contribution in [0, 0.1) is 11.8 Å². The lowest BCUT2D eigenvalue weighted by atomic mass is 9.91. The second kappa shape index (κ2) is 17.0. The fourth-order valence-electron chi connectivity index (χ4n) is 2.99. The largest absolute Gasteiger partial charge is 0.471 e. The molecule has 0 saturated heterocycles. The molecule has 130 valence electrons. The molecule has 2 nitrogen and oxygen atoms in total. The first kappa shape index (κ1) is 23.2. The summed E-state index contributed by atoms with van der Waals surface area (Å²) < 4.78 is 12.0. The van der Waals surface area contributed by atoms with E-state index in [0.29, 0.717) is 6.79 Å². The minimum absolute atomic E-state index is 0.00501. The molecule has 0 aromatic heterocycles. The average molecular weight is 390 g/mol. The van der Waals surface area contributed by atoms with Crippen LogP contribution in [0.4, 0.5) is 0 Å². The molecule has 0 N–H and O–H groups in total. The van der Waals surface area contributed by atoms with Gasteiger partial charge < -0.3 is 22.4 Å². The first-order valence-electron chi connectivity index (χ1n) is 9.31. The van der Waals surface area contributed by atoms with E-state index in [1.54, 1.807) is 0 Å². The molecule has 0 aromatic rings. The summed E-state index contributed by atoms with van der Waals surface area (Å²) in [6.07, 6.45) is 10.2. The van der Waals surface area contributed by atoms with Crippen molar-refractivity contribution in [2.45, 2.75) is 83.1 Å². The van der Waals surface area contributed by atoms with Gasteiger partial charge in [-0.15, -0.1) is 4.05 Å². The summed E-state index contributed by atoms with van der Waals surface area (Å²) in [6, 6.07) is 0. The molecule has 0 rings (SSSR count). The summed E-state index contributed by atoms with van der Waals surface area (Å²) >= 11 is 3.71. The highest BCUT2D eigenvalue weighted by atomic mass is 79.9. The Hall–Kier alpha value is 1.17. The van der Waals surface area contributed by atoms with E-state index in [4.69, 9.17) is 9.47 Å². The van der Waals surface area contributed by atoms with Gasteiger partial charge in [0.2, 0.25) is 0 Å². The Kier molecular flexibility index (Phi) is 17.9. The predicted molar refractivity (Wildman–Crippen MR) is 102 cm³/mol. The monoisotopic (exact) mass is 388 g/mol. The smallest absolute Gasteiger partial charge is 0.355 e. The fourth-order valence-corrected chi connectivity index (χ4v) is 4.48. The Morgan fingerprint density at radius 2 is 1.55 bits per heavy atom. The molecular formula is C18H37BrMgO2. The van der Waals surface area contributed by atoms with Crippen molar-refractivity contribution in [3.8, 4) is 0 Å². The highest BCUT2D eigenvalue weighted by molar-refractivity contribution is 9.23. The maximum atomic E-state index is 5.55. The Morgan fingerprint density at radius 1 is 0.864 bits per heavy atom. The van der Waals surface area contributed by atoms with Crippen molar-refractivity contribution in [2.75, 3.05) is 20.0 Å². The lowest BCUT2D eigenvalue weighted by Crippen LogP contribution is -2.08. The van der Waals surface area contributed by atoms with Crippen molar-refractivity contribution in [2.24, 2.45) is 11.8 Å². The average Bonchev–Trinajstić information content (AvgIpc) is 2.48. The molecule has 3 unspecified atom stereocenters. The topological polar surface area (TPSA) is 18.5 Å². The molecule has 0 saturated carbocycles. The molecule has 0 radical (unpaired) electrons. The summed E-state index contributed by atoms with van der Waals surface area (Å²) in [6.45, 7) is 11.6. The lowest BCUT2D eigenvalue weighted by molar-refractivity contribution is -0.0561. The second-order valence-electron chi connectivity index (χ2n) is 7.08. The minimum atomic E-state index is 0.00501. The van der Waals surface area contributed by atoms with Crippen LogP contribution in [-0.2, 0) is 9.47 Å². The molecule has 0 fully saturated rings. The Bertz CT molecular complexity index is 229. The third-order valence-corrected chi connectivity index (χ3v) is 8.34. The van der Waals surface area contributed by atoms with Gasteiger partial charge in [-0.1, -0.05) is 53.4 Å². The maximum absolute atomic E-state index is 5.55. The standard InChI is InChI=1S/C18H37O2.BrH.Mg/c1-5-7-8-9-13-19-16-20-14-10-12-18(4)15-17(3)11-6-2;;/h6,17-18H,5,7-16H2,1-4H3;1H;/q;;+1/p-1. The summed E-state index contributed by atoms with van der Waals surface area (Å²) in [7, 11) is 0. The first-order chi connectivity index (χ1) is 10.6. The fraction of sp³-hybridized carbons (Fsp3) is 1.00. The van der Waals surface area contributed by atoms with Crippen molar-refractivity contribution in [3.05, 3.63) is 0 Å². The highest BCUT2D eigenvalue weighted by Crippen LogP contribution is 2.25. The number of unbranched alkanes of at least 4 members (excludes halogenated alkanes) is 3. The molecule has 0 spiro atoms. The zero-order chi connectivity index (χ0) is 16.6. The van der Waals surface area contributed by atoms with Crippen LogP contribution in [0.3, 0.4) is 0 Å². The number of rotatable bonds is 16. The van der Waals surface area contributed by atoms with Gasteiger partial charge in [-0.05, 0) is 37.5 Å². The van der Waals surface area contributed by atoms with Crippen LogP contribution in [-0.4, -0.2) is 38.2 Å². The molecule has 0 heterocycles. The highest BCUT2D eigenvalue weighted by Gasteiger charge is 2.13. The van der Waals surface area contributed by atoms with Crippen LogP contribution in [0.15, 0.2) is 0 Å². The van der Waals surface area contributed by atoms with Crippen molar-refractivity contribution in [1.29, 1.82) is 0 Å². The van der Waals surface area contributed by atoms with Crippen molar-refractivity contribution >= 4 is 31.1 Å². The summed E-state index contributed by atoms with van der Waals surface area (Å²) in [5.41, 5.74) is 0. The van der Waals surface area contributed by atoms with E-state index in [1.807, 2.05) is 0 Å². The van der Waals surface area contributed by atoms with E-state index in [9.17, 15) is 0 Å². The predicted octanol–water partition coefficient (Wildman–Crippen LogP) is 6.21. The van der Waals surface area contributed by atoms with Gasteiger partial charge in [0.15, 0.2) is 0 Å². The van der Waals surface area contributed by atoms with Crippen LogP contribution >= 0.6 is 12.9 Å². The summed E-state index contributed by atoms with van der Waals surface area (Å²) in [4.78, 5) is 0. The molecular weight excluding hydrogens is 352 g/mol. The molecule has 0 bridgehead atoms. The van der Waals surface area contributed by atoms with Gasteiger partial charge in [0, 0.05) is 13.2 Å². The Labute approximate surface area is 155 Å². The third-order valence-electron chi connectivity index (χ3n) is 4.17. The summed E-state index contributed by atoms with van der Waals surface area (Å²) in [5, 5.41) is 0. The molecule has 0 aliphatic carbocycles. The molecule has 0 aliphatic rings. The SMILES string of the molecule is CCCCCCOCOCCCC(C)CC(C)C[CH](C)[Mg][Br]. The van der Waals surface area contributed by atoms with Gasteiger partial charge in [-0.3, -0.25) is 0 Å². The first-order valence-corrected chi connectivity index (χ1v) is 14.0. The third kappa shape index (κ3) is 16.0. The van der Waals surface area contributed by atoms with Crippen molar-refractivity contribution < 1.29 is 9.47 Å². The Morgan fingerprint density at radius 3 is 2.18 bits per heavy atom. The van der Waals surface area contributed by atoms with Gasteiger partial charge in [0.05, 0.1) is 0 Å². The minimum Gasteiger partial charge on any atom is -0.355 e. The Balaban J connectivity index is 3.32. The zero-order valence-electron chi connectivity index (χ0n) is 15.4. The lowest BCUT2D eigenvalue weighted by Gasteiger charge is -2.19. The molecule has 4 heteroatoms. The zero-order valence-corrected chi connectivity index (χ0v) is 18.4. The van der Waals surface area contributed by atoms with Gasteiger partial charge in [0.1, 0.15) is 6.79 Å². The maximum Gasteiger partial charge on any atom is 0.471 e. The van der Waals surface area contributed by atoms with E-state index in [2.05, 4.69) is 40.6 Å². The molecule has 22 heavy (non-hydrogen) atoms. The van der Waals surface area contributed by atoms with E-state index in [-0.39, 0.29) is 18.2 Å². The van der Waals surface area contributed by atoms with Gasteiger partial charge in [-0.25, -0.2) is 0 Å². The van der Waals surface area contributed by atoms with Crippen LogP contribution in [0.1, 0.15) is 79.1 Å². The number of hydrogen-bond acceptors (Lipinski definition) is 2. The number of halogens is 1. The van der Waals surface area contributed by atoms with Crippen LogP contribution in [0.2, 0.25) is 4.05 Å². The van der Waals surface area contributed by atoms with Gasteiger partial charge >= 0.3 is 18.2 Å². The number of hydrogen-bond donors (Lipinski definition) is 0. The second-order valence-corrected chi connectivity index (χ2v) is 10.7. The van der Waals surface area contributed by atoms with E-state index >= 15 is 0 Å². The van der Waals surface area contributed by atoms with Crippen molar-refractivity contribution in [3.63, 3.8) is 0 Å². The van der Waals surface area contributed by atoms with E-state index in [1.165, 1.54) is 44.9 Å². The number of ether oxygens (including phenoxy) is 2. The van der Waals surface area contributed by atoms with Crippen LogP contribution in [0.25, 0.3) is 0 Å². The van der Waals surface area contributed by atoms with Crippen LogP contribution in [0.5, 0.6) is 0 Å². The summed E-state index contributed by atoms with van der Waals surface area (Å²) in [5.74, 6) is 1.68. The van der Waals surface area contributed by atoms with Crippen LogP contribution < -0.4 is 0 Å². The normalized spacial score (nSPS) is 15.3. The molecule has 0 aliphatic heterocycles. The quantitative estimate of drug-likeness (QED) is 0.177. The molecule has 0 aromatic carbocycles. The van der Waals surface area contributed by atoms with E-state index < -0.39 is 0 Å². The molecule has 0 amide bonds. The van der Waals surface area contributed by atoms with Gasteiger partial charge in [-0.2, -0.15) is 0 Å².